The van der Waals surface area contributed by atoms with Gasteiger partial charge in [0.05, 0.1) is 34.4 Å². The van der Waals surface area contributed by atoms with Crippen LogP contribution in [0.25, 0.3) is 10.2 Å². The summed E-state index contributed by atoms with van der Waals surface area (Å²) in [4.78, 5) is 30.7. The minimum atomic E-state index is -0.629. The van der Waals surface area contributed by atoms with E-state index in [2.05, 4.69) is 33.8 Å². The van der Waals surface area contributed by atoms with Gasteiger partial charge in [-0.1, -0.05) is 12.5 Å². The maximum atomic E-state index is 12.4. The number of aromatic nitrogens is 3. The van der Waals surface area contributed by atoms with Gasteiger partial charge in [0.2, 0.25) is 5.91 Å². The van der Waals surface area contributed by atoms with Crippen LogP contribution in [0.2, 0.25) is 0 Å². The van der Waals surface area contributed by atoms with Crippen molar-refractivity contribution in [3.05, 3.63) is 53.2 Å². The molecule has 1 fully saturated rings. The number of carbonyl (C=O) groups excluding carboxylic acids is 2. The molecule has 0 spiro atoms. The molecule has 9 nitrogen and oxygen atoms in total. The first-order chi connectivity index (χ1) is 16.0. The first kappa shape index (κ1) is 22.5. The van der Waals surface area contributed by atoms with E-state index < -0.39 is 5.91 Å². The third kappa shape index (κ3) is 4.33. The van der Waals surface area contributed by atoms with Crippen LogP contribution >= 0.6 is 11.3 Å². The average Bonchev–Trinajstić information content (AvgIpc) is 3.53. The molecule has 3 heterocycles. The lowest BCUT2D eigenvalue weighted by atomic mass is 10.1. The van der Waals surface area contributed by atoms with Crippen molar-refractivity contribution in [1.29, 1.82) is 0 Å². The van der Waals surface area contributed by atoms with Crippen LogP contribution in [0, 0.1) is 11.8 Å². The van der Waals surface area contributed by atoms with Crippen LogP contribution in [0.3, 0.4) is 0 Å². The second-order valence-corrected chi connectivity index (χ2v) is 8.50. The van der Waals surface area contributed by atoms with Gasteiger partial charge in [-0.05, 0) is 36.6 Å². The summed E-state index contributed by atoms with van der Waals surface area (Å²) in [6.45, 7) is 4.38. The maximum Gasteiger partial charge on any atom is 0.255 e. The van der Waals surface area contributed by atoms with E-state index in [0.717, 1.165) is 15.8 Å². The Bertz CT molecular complexity index is 1280. The van der Waals surface area contributed by atoms with E-state index in [1.165, 1.54) is 6.08 Å². The van der Waals surface area contributed by atoms with Gasteiger partial charge in [0, 0.05) is 26.3 Å². The Labute approximate surface area is 195 Å². The largest absolute Gasteiger partial charge is 0.383 e. The number of hydrogen-bond donors (Lipinski definition) is 2. The zero-order valence-electron chi connectivity index (χ0n) is 18.4. The maximum absolute atomic E-state index is 12.4. The molecule has 3 N–H and O–H groups in total. The second kappa shape index (κ2) is 9.44. The molecule has 0 aliphatic carbocycles. The van der Waals surface area contributed by atoms with Gasteiger partial charge in [-0.15, -0.1) is 11.3 Å². The molecule has 2 atom stereocenters. The number of likely N-dealkylation sites (tertiary alicyclic amines) is 1. The number of nitrogens with zero attached hydrogens (tertiary/aromatic N) is 4. The van der Waals surface area contributed by atoms with Gasteiger partial charge in [0.1, 0.15) is 11.4 Å². The van der Waals surface area contributed by atoms with E-state index in [-0.39, 0.29) is 29.2 Å². The van der Waals surface area contributed by atoms with Crippen molar-refractivity contribution in [2.75, 3.05) is 32.6 Å². The number of carbonyl (C=O) groups is 2. The number of thiazole rings is 1. The molecule has 1 aliphatic heterocycles. The minimum absolute atomic E-state index is 0.129. The van der Waals surface area contributed by atoms with Crippen LogP contribution in [0.4, 0.5) is 5.82 Å². The fraction of sp³-hybridized carbons (Fsp3) is 0.304. The van der Waals surface area contributed by atoms with Crippen LogP contribution in [-0.2, 0) is 9.53 Å². The van der Waals surface area contributed by atoms with E-state index >= 15 is 0 Å². The molecule has 0 saturated carbocycles. The van der Waals surface area contributed by atoms with Crippen molar-refractivity contribution < 1.29 is 14.3 Å². The first-order valence-electron chi connectivity index (χ1n) is 10.3. The summed E-state index contributed by atoms with van der Waals surface area (Å²) in [5.41, 5.74) is 9.60. The highest BCUT2D eigenvalue weighted by Gasteiger charge is 2.37. The molecule has 0 bridgehead atoms. The molecular formula is C23H24N6O3S. The monoisotopic (exact) mass is 464 g/mol. The van der Waals surface area contributed by atoms with Gasteiger partial charge in [-0.25, -0.2) is 9.67 Å². The van der Waals surface area contributed by atoms with Crippen molar-refractivity contribution in [3.8, 4) is 11.8 Å². The van der Waals surface area contributed by atoms with Crippen molar-refractivity contribution in [2.45, 2.75) is 18.5 Å². The average molecular weight is 465 g/mol. The molecule has 170 valence electrons. The van der Waals surface area contributed by atoms with E-state index in [0.29, 0.717) is 25.4 Å². The number of rotatable bonds is 6. The Balaban J connectivity index is 1.72. The first-order valence-corrected chi connectivity index (χ1v) is 11.2. The lowest BCUT2D eigenvalue weighted by Crippen LogP contribution is -2.37. The van der Waals surface area contributed by atoms with Gasteiger partial charge in [-0.3, -0.25) is 9.59 Å². The quantitative estimate of drug-likeness (QED) is 0.426. The molecular weight excluding hydrogens is 440 g/mol. The zero-order chi connectivity index (χ0) is 23.5. The van der Waals surface area contributed by atoms with E-state index in [4.69, 9.17) is 10.5 Å². The minimum Gasteiger partial charge on any atom is -0.383 e. The van der Waals surface area contributed by atoms with Gasteiger partial charge in [0.25, 0.3) is 5.91 Å². The molecule has 4 rings (SSSR count). The SMILES string of the molecule is C=CC(=O)N1CC(n2nc(C#Cc3ccc4scnc4c3)c(C(N)=O)c2NC)C[C@@H]1COC. The van der Waals surface area contributed by atoms with E-state index in [1.54, 1.807) is 40.6 Å². The Kier molecular flexibility index (Phi) is 6.44. The van der Waals surface area contributed by atoms with Crippen molar-refractivity contribution in [1.82, 2.24) is 19.7 Å². The second-order valence-electron chi connectivity index (χ2n) is 7.61. The molecule has 0 radical (unpaired) electrons. The lowest BCUT2D eigenvalue weighted by molar-refractivity contribution is -0.127. The van der Waals surface area contributed by atoms with Crippen molar-refractivity contribution in [3.63, 3.8) is 0 Å². The number of primary amides is 1. The van der Waals surface area contributed by atoms with Gasteiger partial charge in [0.15, 0.2) is 5.69 Å². The number of benzene rings is 1. The molecule has 10 heteroatoms. The van der Waals surface area contributed by atoms with Gasteiger partial charge in [-0.2, -0.15) is 5.10 Å². The summed E-state index contributed by atoms with van der Waals surface area (Å²) in [5.74, 6) is 5.73. The Morgan fingerprint density at radius 1 is 1.42 bits per heavy atom. The normalized spacial score (nSPS) is 17.6. The van der Waals surface area contributed by atoms with Crippen LogP contribution < -0.4 is 11.1 Å². The standard InChI is InChI=1S/C23H24N6O3S/c1-4-20(30)28-11-15(10-16(28)12-32-3)29-23(25-2)21(22(24)31)17(27-29)7-5-14-6-8-19-18(9-14)26-13-33-19/h4,6,8-9,13,15-16,25H,1,10-12H2,2-3H3,(H2,24,31)/t15?,16-/m1/s1. The topological polar surface area (TPSA) is 115 Å². The fourth-order valence-electron chi connectivity index (χ4n) is 4.13. The number of ether oxygens (including phenoxy) is 1. The number of amides is 2. The highest BCUT2D eigenvalue weighted by molar-refractivity contribution is 7.16. The van der Waals surface area contributed by atoms with Gasteiger partial charge < -0.3 is 20.7 Å². The molecule has 1 aromatic carbocycles. The Morgan fingerprint density at radius 2 is 2.24 bits per heavy atom. The van der Waals surface area contributed by atoms with Crippen molar-refractivity contribution >= 4 is 39.2 Å². The number of nitrogens with two attached hydrogens (primary N) is 1. The summed E-state index contributed by atoms with van der Waals surface area (Å²) in [7, 11) is 3.29. The number of methoxy groups -OCH3 is 1. The summed E-state index contributed by atoms with van der Waals surface area (Å²) < 4.78 is 8.07. The molecule has 33 heavy (non-hydrogen) atoms. The zero-order valence-corrected chi connectivity index (χ0v) is 19.2. The van der Waals surface area contributed by atoms with Crippen LogP contribution in [-0.4, -0.2) is 64.8 Å². The van der Waals surface area contributed by atoms with E-state index in [9.17, 15) is 9.59 Å². The molecule has 2 aromatic heterocycles. The molecule has 1 unspecified atom stereocenters. The number of anilines is 1. The predicted octanol–water partition coefficient (Wildman–Crippen LogP) is 2.01. The number of nitrogens with one attached hydrogen (secondary N) is 1. The number of hydrogen-bond acceptors (Lipinski definition) is 7. The highest BCUT2D eigenvalue weighted by Crippen LogP contribution is 2.32. The molecule has 3 aromatic rings. The molecule has 1 saturated heterocycles. The lowest BCUT2D eigenvalue weighted by Gasteiger charge is -2.22. The fourth-order valence-corrected chi connectivity index (χ4v) is 4.79. The summed E-state index contributed by atoms with van der Waals surface area (Å²) >= 11 is 1.56. The summed E-state index contributed by atoms with van der Waals surface area (Å²) in [5, 5.41) is 7.66. The summed E-state index contributed by atoms with van der Waals surface area (Å²) in [6.07, 6.45) is 1.90. The van der Waals surface area contributed by atoms with Crippen LogP contribution in [0.1, 0.15) is 34.1 Å². The van der Waals surface area contributed by atoms with Crippen molar-refractivity contribution in [2.24, 2.45) is 5.73 Å². The van der Waals surface area contributed by atoms with Gasteiger partial charge >= 0.3 is 0 Å². The predicted molar refractivity (Wildman–Crippen MR) is 127 cm³/mol. The van der Waals surface area contributed by atoms with Crippen LogP contribution in [0.5, 0.6) is 0 Å². The van der Waals surface area contributed by atoms with E-state index in [1.807, 2.05) is 18.2 Å². The van der Waals surface area contributed by atoms with Crippen LogP contribution in [0.15, 0.2) is 36.4 Å². The highest BCUT2D eigenvalue weighted by atomic mass is 32.1. The summed E-state index contributed by atoms with van der Waals surface area (Å²) in [6, 6.07) is 5.44. The number of fused-ring (bicyclic) bond motifs is 1. The third-order valence-electron chi connectivity index (χ3n) is 5.60. The Morgan fingerprint density at radius 3 is 2.94 bits per heavy atom. The molecule has 1 aliphatic rings. The third-order valence-corrected chi connectivity index (χ3v) is 6.41. The Hall–Kier alpha value is -3.68. The molecule has 2 amide bonds. The smallest absolute Gasteiger partial charge is 0.255 e.